The van der Waals surface area contributed by atoms with Crippen LogP contribution in [-0.4, -0.2) is 80.4 Å². The average molecular weight is 521 g/mol. The van der Waals surface area contributed by atoms with E-state index in [-0.39, 0.29) is 5.54 Å². The van der Waals surface area contributed by atoms with E-state index in [1.165, 1.54) is 57.1 Å². The maximum absolute atomic E-state index is 5.57. The van der Waals surface area contributed by atoms with Gasteiger partial charge in [0.25, 0.3) is 0 Å². The number of nitrogens with zero attached hydrogens (tertiary/aromatic N) is 1. The maximum Gasteiger partial charge on any atom is 0.0561 e. The summed E-state index contributed by atoms with van der Waals surface area (Å²) in [4.78, 5) is 2.98. The fourth-order valence-electron chi connectivity index (χ4n) is 8.23. The highest BCUT2D eigenvalue weighted by molar-refractivity contribution is 5.34. The van der Waals surface area contributed by atoms with Gasteiger partial charge >= 0.3 is 0 Å². The summed E-state index contributed by atoms with van der Waals surface area (Å²) >= 11 is 0. The minimum atomic E-state index is -0.0396. The predicted octanol–water partition coefficient (Wildman–Crippen LogP) is 2.69. The second-order valence-electron chi connectivity index (χ2n) is 12.8. The Morgan fingerprint density at radius 3 is 2.24 bits per heavy atom. The second-order valence-corrected chi connectivity index (χ2v) is 12.8. The van der Waals surface area contributed by atoms with Crippen LogP contribution < -0.4 is 26.6 Å². The van der Waals surface area contributed by atoms with Crippen molar-refractivity contribution >= 4 is 0 Å². The average Bonchev–Trinajstić information content (AvgIpc) is 3.22. The summed E-state index contributed by atoms with van der Waals surface area (Å²) in [6.45, 7) is 14.2. The van der Waals surface area contributed by atoms with Gasteiger partial charge in [0.2, 0.25) is 0 Å². The van der Waals surface area contributed by atoms with Crippen molar-refractivity contribution in [3.05, 3.63) is 35.4 Å². The Labute approximate surface area is 231 Å². The first-order chi connectivity index (χ1) is 18.6. The third-order valence-electron chi connectivity index (χ3n) is 10.1. The SMILES string of the molecule is C#Cc1ccc(CNC23CNCCCC(CCCNC2)C2CC4(NCC)CC(C)C(CCNC3)N2C4)cc1. The summed E-state index contributed by atoms with van der Waals surface area (Å²) < 4.78 is 0. The number of rotatable bonds is 5. The van der Waals surface area contributed by atoms with Crippen LogP contribution in [0, 0.1) is 24.2 Å². The van der Waals surface area contributed by atoms with Crippen LogP contribution in [0.3, 0.4) is 0 Å². The van der Waals surface area contributed by atoms with Crippen LogP contribution in [0.2, 0.25) is 0 Å². The van der Waals surface area contributed by atoms with E-state index in [2.05, 4.69) is 75.5 Å². The molecule has 0 aliphatic carbocycles. The van der Waals surface area contributed by atoms with E-state index in [9.17, 15) is 0 Å². The molecule has 5 heterocycles. The zero-order chi connectivity index (χ0) is 26.4. The van der Waals surface area contributed by atoms with Crippen LogP contribution in [0.15, 0.2) is 24.3 Å². The van der Waals surface area contributed by atoms with Gasteiger partial charge in [-0.2, -0.15) is 0 Å². The highest BCUT2D eigenvalue weighted by Gasteiger charge is 2.53. The van der Waals surface area contributed by atoms with E-state index in [1.54, 1.807) is 0 Å². The lowest BCUT2D eigenvalue weighted by atomic mass is 9.79. The molecular weight excluding hydrogens is 468 g/mol. The molecule has 1 aromatic rings. The lowest BCUT2D eigenvalue weighted by Crippen LogP contribution is -2.64. The molecule has 38 heavy (non-hydrogen) atoms. The Kier molecular flexibility index (Phi) is 9.46. The Morgan fingerprint density at radius 1 is 0.895 bits per heavy atom. The quantitative estimate of drug-likeness (QED) is 0.385. The summed E-state index contributed by atoms with van der Waals surface area (Å²) in [7, 11) is 0. The van der Waals surface area contributed by atoms with Crippen LogP contribution in [0.1, 0.15) is 69.9 Å². The van der Waals surface area contributed by atoms with E-state index in [0.717, 1.165) is 75.8 Å². The van der Waals surface area contributed by atoms with Crippen LogP contribution in [0.5, 0.6) is 0 Å². The van der Waals surface area contributed by atoms with Gasteiger partial charge in [-0.25, -0.2) is 0 Å². The Balaban J connectivity index is 1.34. The number of fused-ring (bicyclic) bond motifs is 12. The largest absolute Gasteiger partial charge is 0.315 e. The first-order valence-electron chi connectivity index (χ1n) is 15.5. The van der Waals surface area contributed by atoms with E-state index in [4.69, 9.17) is 6.42 Å². The normalized spacial score (nSPS) is 38.4. The molecule has 6 rings (SSSR count). The molecule has 6 heteroatoms. The van der Waals surface area contributed by atoms with Gasteiger partial charge in [0, 0.05) is 55.9 Å². The van der Waals surface area contributed by atoms with Crippen LogP contribution in [-0.2, 0) is 6.54 Å². The van der Waals surface area contributed by atoms with E-state index < -0.39 is 0 Å². The van der Waals surface area contributed by atoms with E-state index >= 15 is 0 Å². The molecule has 1 aromatic carbocycles. The Hall–Kier alpha value is -1.46. The number of terminal acetylenes is 1. The first kappa shape index (κ1) is 28.1. The lowest BCUT2D eigenvalue weighted by molar-refractivity contribution is 0.0506. The van der Waals surface area contributed by atoms with Crippen molar-refractivity contribution in [1.82, 2.24) is 31.5 Å². The summed E-state index contributed by atoms with van der Waals surface area (Å²) in [5.41, 5.74) is 2.52. The zero-order valence-electron chi connectivity index (χ0n) is 24.0. The summed E-state index contributed by atoms with van der Waals surface area (Å²) in [5.74, 6) is 4.28. The standard InChI is InChI=1S/C32H52N6/c1-4-26-10-12-27(13-11-26)20-37-32-21-33-15-6-8-28(9-7-16-34-22-32)30-19-31(36-5-2)18-25(3)29(38(30)24-31)14-17-35-23-32/h1,10-13,25,28-30,33-37H,5-9,14-24H2,2-3H3. The zero-order valence-corrected chi connectivity index (χ0v) is 24.0. The van der Waals surface area contributed by atoms with Crippen molar-refractivity contribution in [3.8, 4) is 12.3 Å². The molecule has 6 nitrogen and oxygen atoms in total. The summed E-state index contributed by atoms with van der Waals surface area (Å²) in [5, 5.41) is 19.6. The third kappa shape index (κ3) is 6.46. The molecular formula is C32H52N6. The van der Waals surface area contributed by atoms with Crippen molar-refractivity contribution in [2.75, 3.05) is 52.4 Å². The molecule has 5 saturated heterocycles. The van der Waals surface area contributed by atoms with Crippen molar-refractivity contribution < 1.29 is 0 Å². The van der Waals surface area contributed by atoms with Crippen molar-refractivity contribution in [2.45, 2.75) is 88.5 Å². The highest BCUT2D eigenvalue weighted by atomic mass is 15.3. The number of piperidine rings is 1. The van der Waals surface area contributed by atoms with Gasteiger partial charge in [0.15, 0.2) is 0 Å². The highest BCUT2D eigenvalue weighted by Crippen LogP contribution is 2.46. The van der Waals surface area contributed by atoms with Crippen molar-refractivity contribution in [3.63, 3.8) is 0 Å². The lowest BCUT2D eigenvalue weighted by Gasteiger charge is -2.46. The number of likely N-dealkylation sites (N-methyl/N-ethyl adjacent to an activating group) is 1. The van der Waals surface area contributed by atoms with Gasteiger partial charge in [-0.15, -0.1) is 6.42 Å². The number of benzene rings is 1. The molecule has 5 N–H and O–H groups in total. The van der Waals surface area contributed by atoms with Crippen molar-refractivity contribution in [1.29, 1.82) is 0 Å². The minimum Gasteiger partial charge on any atom is -0.315 e. The molecule has 4 bridgehead atoms. The third-order valence-corrected chi connectivity index (χ3v) is 10.1. The van der Waals surface area contributed by atoms with Crippen molar-refractivity contribution in [2.24, 2.45) is 11.8 Å². The number of hydrogen-bond donors (Lipinski definition) is 5. The molecule has 0 spiro atoms. The minimum absolute atomic E-state index is 0.0396. The van der Waals surface area contributed by atoms with Gasteiger partial charge < -0.3 is 26.6 Å². The molecule has 0 saturated carbocycles. The fraction of sp³-hybridized carbons (Fsp3) is 0.750. The molecule has 5 aliphatic rings. The topological polar surface area (TPSA) is 63.4 Å². The summed E-state index contributed by atoms with van der Waals surface area (Å²) in [6, 6.07) is 9.86. The monoisotopic (exact) mass is 520 g/mol. The van der Waals surface area contributed by atoms with Gasteiger partial charge in [0.1, 0.15) is 0 Å². The van der Waals surface area contributed by atoms with Gasteiger partial charge in [-0.05, 0) is 101 Å². The molecule has 5 atom stereocenters. The van der Waals surface area contributed by atoms with E-state index in [1.807, 2.05) is 0 Å². The van der Waals surface area contributed by atoms with Crippen LogP contribution in [0.4, 0.5) is 0 Å². The predicted molar refractivity (Wildman–Crippen MR) is 158 cm³/mol. The smallest absolute Gasteiger partial charge is 0.0561 e. The molecule has 0 aromatic heterocycles. The fourth-order valence-corrected chi connectivity index (χ4v) is 8.23. The molecule has 5 aliphatic heterocycles. The van der Waals surface area contributed by atoms with Crippen LogP contribution in [0.25, 0.3) is 0 Å². The van der Waals surface area contributed by atoms with Gasteiger partial charge in [-0.1, -0.05) is 31.9 Å². The molecule has 5 unspecified atom stereocenters. The van der Waals surface area contributed by atoms with Gasteiger partial charge in [-0.3, -0.25) is 4.90 Å². The molecule has 0 radical (unpaired) electrons. The molecule has 0 amide bonds. The molecule has 5 fully saturated rings. The first-order valence-corrected chi connectivity index (χ1v) is 15.5. The number of nitrogens with one attached hydrogen (secondary N) is 5. The molecule has 210 valence electrons. The van der Waals surface area contributed by atoms with Gasteiger partial charge in [0.05, 0.1) is 5.54 Å². The second kappa shape index (κ2) is 12.8. The van der Waals surface area contributed by atoms with Crippen LogP contribution >= 0.6 is 0 Å². The maximum atomic E-state index is 5.57. The Morgan fingerprint density at radius 2 is 1.58 bits per heavy atom. The Bertz CT molecular complexity index is 911. The summed E-state index contributed by atoms with van der Waals surface area (Å²) in [6.07, 6.45) is 14.7. The van der Waals surface area contributed by atoms with E-state index in [0.29, 0.717) is 11.6 Å². The number of hydrogen-bond acceptors (Lipinski definition) is 6.